The highest BCUT2D eigenvalue weighted by atomic mass is 19.1. The van der Waals surface area contributed by atoms with Crippen LogP contribution in [0.4, 0.5) is 14.5 Å². The molecule has 0 fully saturated rings. The zero-order valence-electron chi connectivity index (χ0n) is 10.9. The summed E-state index contributed by atoms with van der Waals surface area (Å²) in [5.74, 6) is -1.17. The minimum atomic E-state index is -0.589. The van der Waals surface area contributed by atoms with Crippen LogP contribution in [0.15, 0.2) is 42.5 Å². The van der Waals surface area contributed by atoms with E-state index in [4.69, 9.17) is 4.74 Å². The fraction of sp³-hybridized carbons (Fsp3) is 0.250. The molecule has 0 saturated heterocycles. The van der Waals surface area contributed by atoms with Crippen molar-refractivity contribution >= 4 is 5.69 Å². The van der Waals surface area contributed by atoms with Gasteiger partial charge in [-0.25, -0.2) is 8.78 Å². The van der Waals surface area contributed by atoms with Crippen molar-refractivity contribution in [2.24, 2.45) is 0 Å². The standard InChI is InChI=1S/C16H15F2NO/c17-12-5-6-15(14(18)9-12)19-10-16-13-4-2-1-3-11(13)7-8-20-16/h1-6,9,16,19H,7-8,10H2. The molecule has 20 heavy (non-hydrogen) atoms. The Morgan fingerprint density at radius 1 is 1.15 bits per heavy atom. The molecule has 0 spiro atoms. The van der Waals surface area contributed by atoms with Crippen LogP contribution in [0.3, 0.4) is 0 Å². The van der Waals surface area contributed by atoms with Gasteiger partial charge in [-0.15, -0.1) is 0 Å². The predicted molar refractivity (Wildman–Crippen MR) is 73.7 cm³/mol. The van der Waals surface area contributed by atoms with E-state index in [-0.39, 0.29) is 11.8 Å². The minimum absolute atomic E-state index is 0.107. The number of hydrogen-bond donors (Lipinski definition) is 1. The molecule has 3 rings (SSSR count). The van der Waals surface area contributed by atoms with Crippen molar-refractivity contribution in [3.8, 4) is 0 Å². The second kappa shape index (κ2) is 5.59. The number of rotatable bonds is 3. The molecule has 104 valence electrons. The molecule has 1 aliphatic rings. The van der Waals surface area contributed by atoms with Crippen molar-refractivity contribution < 1.29 is 13.5 Å². The van der Waals surface area contributed by atoms with Gasteiger partial charge in [0.25, 0.3) is 0 Å². The monoisotopic (exact) mass is 275 g/mol. The molecule has 0 bridgehead atoms. The van der Waals surface area contributed by atoms with Crippen molar-refractivity contribution in [3.63, 3.8) is 0 Å². The summed E-state index contributed by atoms with van der Waals surface area (Å²) >= 11 is 0. The molecule has 1 atom stereocenters. The van der Waals surface area contributed by atoms with Crippen LogP contribution in [0, 0.1) is 11.6 Å². The van der Waals surface area contributed by atoms with Gasteiger partial charge in [-0.1, -0.05) is 24.3 Å². The average molecular weight is 275 g/mol. The Morgan fingerprint density at radius 2 is 2.00 bits per heavy atom. The zero-order valence-corrected chi connectivity index (χ0v) is 10.9. The summed E-state index contributed by atoms with van der Waals surface area (Å²) in [6.45, 7) is 1.12. The van der Waals surface area contributed by atoms with Crippen LogP contribution in [-0.2, 0) is 11.2 Å². The van der Waals surface area contributed by atoms with Crippen LogP contribution < -0.4 is 5.32 Å². The fourth-order valence-corrected chi connectivity index (χ4v) is 2.48. The number of halogens is 2. The van der Waals surface area contributed by atoms with E-state index < -0.39 is 11.6 Å². The summed E-state index contributed by atoms with van der Waals surface area (Å²) in [7, 11) is 0. The SMILES string of the molecule is Fc1ccc(NCC2OCCc3ccccc32)c(F)c1. The van der Waals surface area contributed by atoms with Crippen LogP contribution in [-0.4, -0.2) is 13.2 Å². The number of fused-ring (bicyclic) bond motifs is 1. The van der Waals surface area contributed by atoms with E-state index in [2.05, 4.69) is 11.4 Å². The largest absolute Gasteiger partial charge is 0.380 e. The van der Waals surface area contributed by atoms with Gasteiger partial charge in [-0.05, 0) is 29.7 Å². The number of nitrogens with one attached hydrogen (secondary N) is 1. The highest BCUT2D eigenvalue weighted by Crippen LogP contribution is 2.27. The van der Waals surface area contributed by atoms with E-state index >= 15 is 0 Å². The molecule has 0 aliphatic carbocycles. The molecule has 1 N–H and O–H groups in total. The lowest BCUT2D eigenvalue weighted by atomic mass is 9.97. The highest BCUT2D eigenvalue weighted by molar-refractivity contribution is 5.45. The van der Waals surface area contributed by atoms with Gasteiger partial charge < -0.3 is 10.1 Å². The van der Waals surface area contributed by atoms with Gasteiger partial charge in [0.1, 0.15) is 11.6 Å². The van der Waals surface area contributed by atoms with E-state index in [1.54, 1.807) is 0 Å². The summed E-state index contributed by atoms with van der Waals surface area (Å²) in [5, 5.41) is 2.98. The molecule has 0 saturated carbocycles. The van der Waals surface area contributed by atoms with Crippen LogP contribution in [0.1, 0.15) is 17.2 Å². The minimum Gasteiger partial charge on any atom is -0.380 e. The molecule has 2 aromatic carbocycles. The van der Waals surface area contributed by atoms with Crippen molar-refractivity contribution in [3.05, 3.63) is 65.2 Å². The Hall–Kier alpha value is -1.94. The lowest BCUT2D eigenvalue weighted by Crippen LogP contribution is -2.23. The van der Waals surface area contributed by atoms with E-state index in [1.165, 1.54) is 17.7 Å². The normalized spacial score (nSPS) is 17.6. The lowest BCUT2D eigenvalue weighted by molar-refractivity contribution is 0.0513. The summed E-state index contributed by atoms with van der Waals surface area (Å²) in [4.78, 5) is 0. The third kappa shape index (κ3) is 2.65. The van der Waals surface area contributed by atoms with E-state index in [1.807, 2.05) is 18.2 Å². The van der Waals surface area contributed by atoms with Crippen molar-refractivity contribution in [2.45, 2.75) is 12.5 Å². The quantitative estimate of drug-likeness (QED) is 0.922. The molecule has 1 unspecified atom stereocenters. The Labute approximate surface area is 116 Å². The van der Waals surface area contributed by atoms with Gasteiger partial charge in [0.2, 0.25) is 0 Å². The molecule has 4 heteroatoms. The number of benzene rings is 2. The Morgan fingerprint density at radius 3 is 2.85 bits per heavy atom. The summed E-state index contributed by atoms with van der Waals surface area (Å²) in [6, 6.07) is 11.6. The topological polar surface area (TPSA) is 21.3 Å². The first-order valence-corrected chi connectivity index (χ1v) is 6.62. The molecule has 0 aromatic heterocycles. The molecule has 1 aliphatic heterocycles. The molecule has 2 nitrogen and oxygen atoms in total. The number of anilines is 1. The van der Waals surface area contributed by atoms with Gasteiger partial charge in [0.05, 0.1) is 18.4 Å². The van der Waals surface area contributed by atoms with Gasteiger partial charge >= 0.3 is 0 Å². The summed E-state index contributed by atoms with van der Waals surface area (Å²) < 4.78 is 32.1. The Bertz CT molecular complexity index is 615. The predicted octanol–water partition coefficient (Wildman–Crippen LogP) is 3.69. The third-order valence-corrected chi connectivity index (χ3v) is 3.50. The van der Waals surface area contributed by atoms with Crippen LogP contribution in [0.2, 0.25) is 0 Å². The van der Waals surface area contributed by atoms with E-state index in [0.717, 1.165) is 18.1 Å². The van der Waals surface area contributed by atoms with E-state index in [0.29, 0.717) is 13.2 Å². The maximum Gasteiger partial charge on any atom is 0.149 e. The smallest absolute Gasteiger partial charge is 0.149 e. The highest BCUT2D eigenvalue weighted by Gasteiger charge is 2.20. The van der Waals surface area contributed by atoms with Crippen LogP contribution in [0.25, 0.3) is 0 Å². The van der Waals surface area contributed by atoms with Gasteiger partial charge in [0, 0.05) is 12.6 Å². The van der Waals surface area contributed by atoms with Crippen molar-refractivity contribution in [1.82, 2.24) is 0 Å². The summed E-state index contributed by atoms with van der Waals surface area (Å²) in [6.07, 6.45) is 0.793. The second-order valence-corrected chi connectivity index (χ2v) is 4.81. The first-order valence-electron chi connectivity index (χ1n) is 6.62. The maximum absolute atomic E-state index is 13.6. The van der Waals surface area contributed by atoms with Crippen LogP contribution >= 0.6 is 0 Å². The first kappa shape index (κ1) is 13.1. The lowest BCUT2D eigenvalue weighted by Gasteiger charge is -2.26. The second-order valence-electron chi connectivity index (χ2n) is 4.81. The summed E-state index contributed by atoms with van der Waals surface area (Å²) in [5.41, 5.74) is 2.69. The third-order valence-electron chi connectivity index (χ3n) is 3.50. The van der Waals surface area contributed by atoms with Gasteiger partial charge in [0.15, 0.2) is 0 Å². The van der Waals surface area contributed by atoms with Gasteiger partial charge in [-0.3, -0.25) is 0 Å². The zero-order chi connectivity index (χ0) is 13.9. The first-order chi connectivity index (χ1) is 9.74. The van der Waals surface area contributed by atoms with Crippen molar-refractivity contribution in [1.29, 1.82) is 0 Å². The molecule has 1 heterocycles. The fourth-order valence-electron chi connectivity index (χ4n) is 2.48. The molecule has 0 radical (unpaired) electrons. The van der Waals surface area contributed by atoms with E-state index in [9.17, 15) is 8.78 Å². The number of ether oxygens (including phenoxy) is 1. The van der Waals surface area contributed by atoms with Gasteiger partial charge in [-0.2, -0.15) is 0 Å². The molecular weight excluding hydrogens is 260 g/mol. The average Bonchev–Trinajstić information content (AvgIpc) is 2.46. The molecule has 2 aromatic rings. The maximum atomic E-state index is 13.6. The Kier molecular flexibility index (Phi) is 3.65. The van der Waals surface area contributed by atoms with Crippen molar-refractivity contribution in [2.75, 3.05) is 18.5 Å². The number of hydrogen-bond acceptors (Lipinski definition) is 2. The molecule has 0 amide bonds. The van der Waals surface area contributed by atoms with Crippen LogP contribution in [0.5, 0.6) is 0 Å². The molecular formula is C16H15F2NO. The Balaban J connectivity index is 1.73.